The SMILES string of the molecule is C(#Cc1ccc(-c2nc3cnccn3c2N2CCCCC2)s1)c1ccccc1. The Morgan fingerprint density at radius 1 is 0.929 bits per heavy atom. The van der Waals surface area contributed by atoms with Crippen molar-refractivity contribution in [2.75, 3.05) is 18.0 Å². The van der Waals surface area contributed by atoms with Gasteiger partial charge in [-0.1, -0.05) is 30.0 Å². The van der Waals surface area contributed by atoms with E-state index in [4.69, 9.17) is 4.98 Å². The molecule has 4 heterocycles. The zero-order valence-electron chi connectivity index (χ0n) is 15.5. The average molecular weight is 385 g/mol. The fraction of sp³-hybridized carbons (Fsp3) is 0.217. The van der Waals surface area contributed by atoms with Crippen LogP contribution in [0.2, 0.25) is 0 Å². The molecular formula is C23H20N4S. The maximum atomic E-state index is 4.91. The van der Waals surface area contributed by atoms with Crippen LogP contribution in [-0.2, 0) is 0 Å². The molecule has 1 aromatic carbocycles. The first kappa shape index (κ1) is 17.0. The zero-order valence-corrected chi connectivity index (χ0v) is 16.3. The Labute approximate surface area is 168 Å². The van der Waals surface area contributed by atoms with E-state index in [1.54, 1.807) is 11.3 Å². The van der Waals surface area contributed by atoms with Crippen LogP contribution in [0.4, 0.5) is 5.82 Å². The van der Waals surface area contributed by atoms with Gasteiger partial charge in [0.15, 0.2) is 5.65 Å². The molecule has 0 radical (unpaired) electrons. The Kier molecular flexibility index (Phi) is 4.56. The summed E-state index contributed by atoms with van der Waals surface area (Å²) in [6.07, 6.45) is 9.45. The lowest BCUT2D eigenvalue weighted by Gasteiger charge is -2.28. The van der Waals surface area contributed by atoms with E-state index in [1.807, 2.05) is 48.9 Å². The Hall–Kier alpha value is -3.10. The van der Waals surface area contributed by atoms with Crippen LogP contribution in [0.25, 0.3) is 16.2 Å². The van der Waals surface area contributed by atoms with Crippen molar-refractivity contribution in [2.45, 2.75) is 19.3 Å². The highest BCUT2D eigenvalue weighted by Gasteiger charge is 2.22. The number of fused-ring (bicyclic) bond motifs is 1. The summed E-state index contributed by atoms with van der Waals surface area (Å²) < 4.78 is 2.17. The molecule has 1 aliphatic heterocycles. The number of aromatic nitrogens is 3. The first-order valence-corrected chi connectivity index (χ1v) is 10.4. The van der Waals surface area contributed by atoms with Crippen LogP contribution in [-0.4, -0.2) is 27.5 Å². The van der Waals surface area contributed by atoms with Gasteiger partial charge in [-0.25, -0.2) is 4.98 Å². The molecule has 0 saturated carbocycles. The molecule has 0 amide bonds. The Balaban J connectivity index is 1.55. The van der Waals surface area contributed by atoms with Gasteiger partial charge in [0.2, 0.25) is 0 Å². The number of hydrogen-bond donors (Lipinski definition) is 0. The van der Waals surface area contributed by atoms with E-state index in [-0.39, 0.29) is 0 Å². The van der Waals surface area contributed by atoms with E-state index >= 15 is 0 Å². The third kappa shape index (κ3) is 3.28. The van der Waals surface area contributed by atoms with Crippen LogP contribution in [0.1, 0.15) is 29.7 Å². The van der Waals surface area contributed by atoms with Crippen molar-refractivity contribution < 1.29 is 0 Å². The number of piperidine rings is 1. The number of thiophene rings is 1. The van der Waals surface area contributed by atoms with Gasteiger partial charge in [0.05, 0.1) is 16.0 Å². The fourth-order valence-electron chi connectivity index (χ4n) is 3.65. The molecule has 3 aromatic heterocycles. The van der Waals surface area contributed by atoms with Gasteiger partial charge in [0, 0.05) is 31.0 Å². The first-order chi connectivity index (χ1) is 13.9. The van der Waals surface area contributed by atoms with E-state index in [1.165, 1.54) is 25.1 Å². The summed E-state index contributed by atoms with van der Waals surface area (Å²) in [5.41, 5.74) is 2.96. The predicted molar refractivity (Wildman–Crippen MR) is 115 cm³/mol. The molecule has 5 heteroatoms. The molecule has 0 aliphatic carbocycles. The van der Waals surface area contributed by atoms with Crippen LogP contribution >= 0.6 is 11.3 Å². The standard InChI is InChI=1S/C23H20N4S/c1-3-7-18(8-4-1)9-10-19-11-12-20(28-19)22-23(26-14-5-2-6-15-26)27-16-13-24-17-21(27)25-22/h1,3-4,7-8,11-13,16-17H,2,5-6,14-15H2. The van der Waals surface area contributed by atoms with Gasteiger partial charge in [0.25, 0.3) is 0 Å². The van der Waals surface area contributed by atoms with Crippen molar-refractivity contribution in [1.82, 2.24) is 14.4 Å². The number of rotatable bonds is 2. The van der Waals surface area contributed by atoms with Crippen molar-refractivity contribution in [1.29, 1.82) is 0 Å². The minimum absolute atomic E-state index is 0.892. The second kappa shape index (κ2) is 7.49. The van der Waals surface area contributed by atoms with Crippen LogP contribution in [0.5, 0.6) is 0 Å². The number of hydrogen-bond acceptors (Lipinski definition) is 4. The summed E-state index contributed by atoms with van der Waals surface area (Å²) in [4.78, 5) is 13.8. The van der Waals surface area contributed by atoms with Crippen molar-refractivity contribution in [3.63, 3.8) is 0 Å². The fourth-order valence-corrected chi connectivity index (χ4v) is 4.50. The minimum atomic E-state index is 0.892. The predicted octanol–water partition coefficient (Wildman–Crippen LogP) is 4.85. The monoisotopic (exact) mass is 384 g/mol. The lowest BCUT2D eigenvalue weighted by atomic mass is 10.1. The van der Waals surface area contributed by atoms with Crippen LogP contribution in [0.3, 0.4) is 0 Å². The van der Waals surface area contributed by atoms with Gasteiger partial charge >= 0.3 is 0 Å². The van der Waals surface area contributed by atoms with Crippen molar-refractivity contribution in [2.24, 2.45) is 0 Å². The molecule has 0 atom stereocenters. The maximum absolute atomic E-state index is 4.91. The van der Waals surface area contributed by atoms with Gasteiger partial charge in [-0.15, -0.1) is 11.3 Å². The number of nitrogens with zero attached hydrogens (tertiary/aromatic N) is 4. The topological polar surface area (TPSA) is 33.4 Å². The average Bonchev–Trinajstić information content (AvgIpc) is 3.38. The van der Waals surface area contributed by atoms with E-state index in [0.29, 0.717) is 0 Å². The van der Waals surface area contributed by atoms with Crippen LogP contribution in [0.15, 0.2) is 61.1 Å². The Morgan fingerprint density at radius 3 is 2.64 bits per heavy atom. The molecule has 4 aromatic rings. The normalized spacial score (nSPS) is 14.1. The Bertz CT molecular complexity index is 1160. The summed E-state index contributed by atoms with van der Waals surface area (Å²) in [6, 6.07) is 14.3. The molecule has 28 heavy (non-hydrogen) atoms. The highest BCUT2D eigenvalue weighted by atomic mass is 32.1. The lowest BCUT2D eigenvalue weighted by molar-refractivity contribution is 0.572. The van der Waals surface area contributed by atoms with E-state index < -0.39 is 0 Å². The Morgan fingerprint density at radius 2 is 1.79 bits per heavy atom. The molecule has 0 spiro atoms. The van der Waals surface area contributed by atoms with E-state index in [0.717, 1.165) is 39.7 Å². The van der Waals surface area contributed by atoms with Gasteiger partial charge in [-0.2, -0.15) is 0 Å². The highest BCUT2D eigenvalue weighted by Crippen LogP contribution is 2.36. The molecule has 0 N–H and O–H groups in total. The molecule has 138 valence electrons. The summed E-state index contributed by atoms with van der Waals surface area (Å²) in [6.45, 7) is 2.16. The smallest absolute Gasteiger partial charge is 0.157 e. The molecule has 1 saturated heterocycles. The second-order valence-electron chi connectivity index (χ2n) is 6.92. The summed E-state index contributed by atoms with van der Waals surface area (Å²) >= 11 is 1.70. The van der Waals surface area contributed by atoms with Crippen molar-refractivity contribution in [3.8, 4) is 22.4 Å². The summed E-state index contributed by atoms with van der Waals surface area (Å²) in [5.74, 6) is 7.72. The molecule has 1 aliphatic rings. The van der Waals surface area contributed by atoms with Crippen LogP contribution in [0, 0.1) is 11.8 Å². The lowest BCUT2D eigenvalue weighted by Crippen LogP contribution is -2.30. The third-order valence-corrected chi connectivity index (χ3v) is 6.01. The third-order valence-electron chi connectivity index (χ3n) is 5.00. The molecule has 5 rings (SSSR count). The van der Waals surface area contributed by atoms with Crippen molar-refractivity contribution in [3.05, 3.63) is 71.5 Å². The molecule has 0 unspecified atom stereocenters. The van der Waals surface area contributed by atoms with Gasteiger partial charge in [0.1, 0.15) is 11.5 Å². The van der Waals surface area contributed by atoms with Gasteiger partial charge in [-0.3, -0.25) is 9.38 Å². The minimum Gasteiger partial charge on any atom is -0.356 e. The number of imidazole rings is 1. The summed E-state index contributed by atoms with van der Waals surface area (Å²) in [5, 5.41) is 0. The molecular weight excluding hydrogens is 364 g/mol. The van der Waals surface area contributed by atoms with Crippen LogP contribution < -0.4 is 4.90 Å². The van der Waals surface area contributed by atoms with Gasteiger partial charge in [-0.05, 0) is 43.5 Å². The maximum Gasteiger partial charge on any atom is 0.157 e. The van der Waals surface area contributed by atoms with Crippen molar-refractivity contribution >= 4 is 22.8 Å². The zero-order chi connectivity index (χ0) is 18.8. The highest BCUT2D eigenvalue weighted by molar-refractivity contribution is 7.16. The molecule has 4 nitrogen and oxygen atoms in total. The quantitative estimate of drug-likeness (QED) is 0.463. The largest absolute Gasteiger partial charge is 0.356 e. The molecule has 0 bridgehead atoms. The van der Waals surface area contributed by atoms with E-state index in [2.05, 4.69) is 38.3 Å². The first-order valence-electron chi connectivity index (χ1n) is 9.63. The summed E-state index contributed by atoms with van der Waals surface area (Å²) in [7, 11) is 0. The van der Waals surface area contributed by atoms with Gasteiger partial charge < -0.3 is 4.90 Å². The number of benzene rings is 1. The number of anilines is 1. The van der Waals surface area contributed by atoms with E-state index in [9.17, 15) is 0 Å². The molecule has 1 fully saturated rings. The second-order valence-corrected chi connectivity index (χ2v) is 8.00.